The van der Waals surface area contributed by atoms with E-state index in [1.54, 1.807) is 6.07 Å². The highest BCUT2D eigenvalue weighted by atomic mass is 16.1. The van der Waals surface area contributed by atoms with Gasteiger partial charge in [0.2, 0.25) is 5.91 Å². The van der Waals surface area contributed by atoms with E-state index in [0.717, 1.165) is 54.4 Å². The predicted octanol–water partition coefficient (Wildman–Crippen LogP) is 4.09. The SMILES string of the molecule is Cc1ccc(C(N)=O)cc1Nc1cc(N[C@H]2CCNC2)cc(N(C)CC(C)(C)C)c1. The minimum absolute atomic E-state index is 0.188. The molecule has 1 atom stereocenters. The Kier molecular flexibility index (Phi) is 6.56. The zero-order chi connectivity index (χ0) is 21.9. The molecule has 2 aromatic rings. The van der Waals surface area contributed by atoms with Crippen molar-refractivity contribution in [2.45, 2.75) is 40.2 Å². The lowest BCUT2D eigenvalue weighted by Crippen LogP contribution is -2.29. The number of anilines is 4. The van der Waals surface area contributed by atoms with E-state index >= 15 is 0 Å². The first-order valence-electron chi connectivity index (χ1n) is 10.6. The summed E-state index contributed by atoms with van der Waals surface area (Å²) in [5.74, 6) is -0.423. The van der Waals surface area contributed by atoms with Gasteiger partial charge in [0.15, 0.2) is 0 Å². The molecule has 0 spiro atoms. The van der Waals surface area contributed by atoms with Crippen molar-refractivity contribution >= 4 is 28.7 Å². The number of carbonyl (C=O) groups is 1. The highest BCUT2D eigenvalue weighted by Crippen LogP contribution is 2.31. The zero-order valence-electron chi connectivity index (χ0n) is 18.8. The van der Waals surface area contributed by atoms with Crippen LogP contribution in [0, 0.1) is 12.3 Å². The number of primary amides is 1. The summed E-state index contributed by atoms with van der Waals surface area (Å²) in [6, 6.07) is 12.4. The number of nitrogens with zero attached hydrogens (tertiary/aromatic N) is 1. The van der Waals surface area contributed by atoms with Gasteiger partial charge in [-0.3, -0.25) is 4.79 Å². The van der Waals surface area contributed by atoms with E-state index in [-0.39, 0.29) is 5.41 Å². The summed E-state index contributed by atoms with van der Waals surface area (Å²) >= 11 is 0. The van der Waals surface area contributed by atoms with E-state index in [1.165, 1.54) is 0 Å². The number of aryl methyl sites for hydroxylation is 1. The molecule has 1 saturated heterocycles. The average molecular weight is 410 g/mol. The largest absolute Gasteiger partial charge is 0.381 e. The highest BCUT2D eigenvalue weighted by molar-refractivity contribution is 5.94. The lowest BCUT2D eigenvalue weighted by atomic mass is 9.96. The molecular formula is C24H35N5O. The molecule has 1 aliphatic heterocycles. The lowest BCUT2D eigenvalue weighted by Gasteiger charge is -2.29. The molecule has 162 valence electrons. The summed E-state index contributed by atoms with van der Waals surface area (Å²) in [7, 11) is 2.13. The zero-order valence-corrected chi connectivity index (χ0v) is 18.8. The van der Waals surface area contributed by atoms with Crippen LogP contribution >= 0.6 is 0 Å². The van der Waals surface area contributed by atoms with Crippen molar-refractivity contribution in [2.75, 3.05) is 42.2 Å². The van der Waals surface area contributed by atoms with Crippen molar-refractivity contribution in [1.82, 2.24) is 5.32 Å². The molecule has 0 saturated carbocycles. The number of benzene rings is 2. The molecule has 0 radical (unpaired) electrons. The van der Waals surface area contributed by atoms with Gasteiger partial charge in [-0.05, 0) is 61.2 Å². The molecule has 1 aliphatic rings. The standard InChI is InChI=1S/C24H35N5O/c1-16-6-7-17(23(25)30)10-22(16)28-20-11-19(27-18-8-9-26-14-18)12-21(13-20)29(5)15-24(2,3)4/h6-7,10-13,18,26-28H,8-9,14-15H2,1-5H3,(H2,25,30)/t18-/m0/s1. The number of hydrogen-bond donors (Lipinski definition) is 4. The van der Waals surface area contributed by atoms with Gasteiger partial charge in [0, 0.05) is 54.5 Å². The molecule has 0 aromatic heterocycles. The van der Waals surface area contributed by atoms with Crippen molar-refractivity contribution in [2.24, 2.45) is 11.1 Å². The molecule has 30 heavy (non-hydrogen) atoms. The number of amides is 1. The molecule has 1 heterocycles. The Morgan fingerprint density at radius 2 is 1.93 bits per heavy atom. The van der Waals surface area contributed by atoms with Gasteiger partial charge in [0.05, 0.1) is 0 Å². The first-order valence-corrected chi connectivity index (χ1v) is 10.6. The van der Waals surface area contributed by atoms with Crippen LogP contribution in [0.3, 0.4) is 0 Å². The quantitative estimate of drug-likeness (QED) is 0.554. The fraction of sp³-hybridized carbons (Fsp3) is 0.458. The van der Waals surface area contributed by atoms with Gasteiger partial charge in [-0.1, -0.05) is 26.8 Å². The minimum atomic E-state index is -0.423. The topological polar surface area (TPSA) is 82.4 Å². The van der Waals surface area contributed by atoms with Crippen LogP contribution < -0.4 is 26.6 Å². The summed E-state index contributed by atoms with van der Waals surface area (Å²) in [6.07, 6.45) is 1.12. The highest BCUT2D eigenvalue weighted by Gasteiger charge is 2.18. The maximum absolute atomic E-state index is 11.6. The van der Waals surface area contributed by atoms with E-state index in [0.29, 0.717) is 11.6 Å². The number of nitrogens with two attached hydrogens (primary N) is 1. The number of rotatable bonds is 7. The Bertz CT molecular complexity index is 897. The third kappa shape index (κ3) is 5.89. The van der Waals surface area contributed by atoms with E-state index < -0.39 is 5.91 Å². The Hall–Kier alpha value is -2.73. The average Bonchev–Trinajstić information content (AvgIpc) is 3.14. The summed E-state index contributed by atoms with van der Waals surface area (Å²) in [5.41, 5.74) is 11.3. The van der Waals surface area contributed by atoms with Crippen molar-refractivity contribution in [3.05, 3.63) is 47.5 Å². The molecule has 6 heteroatoms. The Balaban J connectivity index is 1.92. The van der Waals surface area contributed by atoms with Crippen LogP contribution in [0.5, 0.6) is 0 Å². The van der Waals surface area contributed by atoms with Gasteiger partial charge in [0.1, 0.15) is 0 Å². The minimum Gasteiger partial charge on any atom is -0.381 e. The van der Waals surface area contributed by atoms with Crippen LogP contribution in [0.1, 0.15) is 43.1 Å². The normalized spacial score (nSPS) is 16.4. The second-order valence-corrected chi connectivity index (χ2v) is 9.54. The predicted molar refractivity (Wildman–Crippen MR) is 127 cm³/mol. The summed E-state index contributed by atoms with van der Waals surface area (Å²) in [5, 5.41) is 10.6. The first-order chi connectivity index (χ1) is 14.1. The smallest absolute Gasteiger partial charge is 0.248 e. The monoisotopic (exact) mass is 409 g/mol. The van der Waals surface area contributed by atoms with Gasteiger partial charge < -0.3 is 26.6 Å². The number of hydrogen-bond acceptors (Lipinski definition) is 5. The molecule has 1 fully saturated rings. The fourth-order valence-electron chi connectivity index (χ4n) is 3.87. The second kappa shape index (κ2) is 8.96. The van der Waals surface area contributed by atoms with Gasteiger partial charge in [-0.25, -0.2) is 0 Å². The van der Waals surface area contributed by atoms with Crippen LogP contribution in [0.15, 0.2) is 36.4 Å². The maximum atomic E-state index is 11.6. The fourth-order valence-corrected chi connectivity index (χ4v) is 3.87. The van der Waals surface area contributed by atoms with E-state index in [1.807, 2.05) is 19.1 Å². The molecule has 0 bridgehead atoms. The molecular weight excluding hydrogens is 374 g/mol. The van der Waals surface area contributed by atoms with Crippen molar-refractivity contribution in [3.63, 3.8) is 0 Å². The van der Waals surface area contributed by atoms with Crippen LogP contribution in [0.4, 0.5) is 22.7 Å². The van der Waals surface area contributed by atoms with Crippen LogP contribution in [0.2, 0.25) is 0 Å². The van der Waals surface area contributed by atoms with E-state index in [4.69, 9.17) is 5.73 Å². The molecule has 0 aliphatic carbocycles. The van der Waals surface area contributed by atoms with Gasteiger partial charge >= 0.3 is 0 Å². The molecule has 5 N–H and O–H groups in total. The Morgan fingerprint density at radius 3 is 2.57 bits per heavy atom. The molecule has 0 unspecified atom stereocenters. The third-order valence-electron chi connectivity index (χ3n) is 5.30. The van der Waals surface area contributed by atoms with Crippen molar-refractivity contribution in [3.8, 4) is 0 Å². The Morgan fingerprint density at radius 1 is 1.20 bits per heavy atom. The van der Waals surface area contributed by atoms with Gasteiger partial charge in [0.25, 0.3) is 0 Å². The molecule has 3 rings (SSSR count). The second-order valence-electron chi connectivity index (χ2n) is 9.54. The summed E-state index contributed by atoms with van der Waals surface area (Å²) in [6.45, 7) is 11.7. The lowest BCUT2D eigenvalue weighted by molar-refractivity contribution is 0.100. The van der Waals surface area contributed by atoms with E-state index in [2.05, 4.69) is 66.9 Å². The number of nitrogens with one attached hydrogen (secondary N) is 3. The summed E-state index contributed by atoms with van der Waals surface area (Å²) < 4.78 is 0. The van der Waals surface area contributed by atoms with Crippen LogP contribution in [-0.2, 0) is 0 Å². The van der Waals surface area contributed by atoms with E-state index in [9.17, 15) is 4.79 Å². The third-order valence-corrected chi connectivity index (χ3v) is 5.30. The van der Waals surface area contributed by atoms with Crippen LogP contribution in [-0.4, -0.2) is 38.6 Å². The molecule has 6 nitrogen and oxygen atoms in total. The van der Waals surface area contributed by atoms with Gasteiger partial charge in [-0.2, -0.15) is 0 Å². The molecule has 1 amide bonds. The molecule has 2 aromatic carbocycles. The Labute approximate surface area is 180 Å². The van der Waals surface area contributed by atoms with Crippen LogP contribution in [0.25, 0.3) is 0 Å². The van der Waals surface area contributed by atoms with Crippen molar-refractivity contribution in [1.29, 1.82) is 0 Å². The van der Waals surface area contributed by atoms with Crippen molar-refractivity contribution < 1.29 is 4.79 Å². The maximum Gasteiger partial charge on any atom is 0.248 e. The summed E-state index contributed by atoms with van der Waals surface area (Å²) in [4.78, 5) is 13.9. The first kappa shape index (κ1) is 22.0. The van der Waals surface area contributed by atoms with Gasteiger partial charge in [-0.15, -0.1) is 0 Å². The number of carbonyl (C=O) groups excluding carboxylic acids is 1.